The highest BCUT2D eigenvalue weighted by atomic mass is 16.6. The predicted molar refractivity (Wildman–Crippen MR) is 81.3 cm³/mol. The molecule has 0 fully saturated rings. The van der Waals surface area contributed by atoms with Gasteiger partial charge in [0.1, 0.15) is 6.29 Å². The zero-order valence-corrected chi connectivity index (χ0v) is 12.2. The van der Waals surface area contributed by atoms with E-state index in [1.165, 1.54) is 0 Å². The first kappa shape index (κ1) is 13.2. The molecule has 2 bridgehead atoms. The molecule has 5 rings (SSSR count). The van der Waals surface area contributed by atoms with E-state index in [9.17, 15) is 14.9 Å². The van der Waals surface area contributed by atoms with Crippen molar-refractivity contribution in [1.82, 2.24) is 0 Å². The average Bonchev–Trinajstić information content (AvgIpc) is 2.54. The second-order valence-electron chi connectivity index (χ2n) is 6.53. The van der Waals surface area contributed by atoms with Crippen molar-refractivity contribution in [1.29, 1.82) is 0 Å². The summed E-state index contributed by atoms with van der Waals surface area (Å²) in [4.78, 5) is 23.8. The van der Waals surface area contributed by atoms with Gasteiger partial charge < -0.3 is 4.79 Å². The summed E-state index contributed by atoms with van der Waals surface area (Å²) >= 11 is 0. The Hall–Kier alpha value is -2.49. The highest BCUT2D eigenvalue weighted by Crippen LogP contribution is 2.62. The van der Waals surface area contributed by atoms with Crippen molar-refractivity contribution < 1.29 is 9.72 Å². The van der Waals surface area contributed by atoms with Crippen LogP contribution in [-0.2, 0) is 10.3 Å². The molecule has 4 heteroatoms. The molecule has 0 radical (unpaired) electrons. The first-order valence-corrected chi connectivity index (χ1v) is 7.34. The summed E-state index contributed by atoms with van der Waals surface area (Å²) in [5.74, 6) is -0.112. The smallest absolute Gasteiger partial charge is 0.273 e. The number of rotatable bonds is 2. The summed E-state index contributed by atoms with van der Waals surface area (Å²) in [6.07, 6.45) is 1.12. The van der Waals surface area contributed by atoms with E-state index in [-0.39, 0.29) is 17.3 Å². The Bertz CT molecular complexity index is 766. The third-order valence-corrected chi connectivity index (χ3v) is 5.31. The maximum absolute atomic E-state index is 12.2. The molecule has 0 saturated carbocycles. The standard InChI is InChI=1S/C18H15NO3/c1-17(11-20)10-18(19(21)22)14-8-4-2-6-12(14)16(17)13-7-3-5-9-15(13)18/h2-9,11,16H,10H2,1H3. The lowest BCUT2D eigenvalue weighted by Crippen LogP contribution is -2.54. The van der Waals surface area contributed by atoms with E-state index in [0.29, 0.717) is 0 Å². The van der Waals surface area contributed by atoms with Gasteiger partial charge in [-0.3, -0.25) is 10.1 Å². The predicted octanol–water partition coefficient (Wildman–Crippen LogP) is 3.26. The molecule has 4 nitrogen and oxygen atoms in total. The molecule has 1 unspecified atom stereocenters. The van der Waals surface area contributed by atoms with Gasteiger partial charge in [-0.25, -0.2) is 0 Å². The molecule has 0 aromatic heterocycles. The van der Waals surface area contributed by atoms with Crippen LogP contribution in [-0.4, -0.2) is 11.2 Å². The van der Waals surface area contributed by atoms with Gasteiger partial charge in [0.15, 0.2) is 0 Å². The fraction of sp³-hybridized carbons (Fsp3) is 0.278. The van der Waals surface area contributed by atoms with E-state index in [4.69, 9.17) is 0 Å². The van der Waals surface area contributed by atoms with Gasteiger partial charge in [-0.1, -0.05) is 55.5 Å². The van der Waals surface area contributed by atoms with Gasteiger partial charge in [-0.05, 0) is 11.1 Å². The number of nitro groups is 1. The van der Waals surface area contributed by atoms with Gasteiger partial charge in [0, 0.05) is 33.8 Å². The Kier molecular flexibility index (Phi) is 2.42. The second kappa shape index (κ2) is 4.03. The van der Waals surface area contributed by atoms with Crippen molar-refractivity contribution >= 4 is 6.29 Å². The normalized spacial score (nSPS) is 31.2. The third kappa shape index (κ3) is 1.30. The molecule has 0 N–H and O–H groups in total. The minimum absolute atomic E-state index is 0.112. The highest BCUT2D eigenvalue weighted by Gasteiger charge is 2.64. The van der Waals surface area contributed by atoms with Crippen LogP contribution in [0.15, 0.2) is 48.5 Å². The Morgan fingerprint density at radius 1 is 1.09 bits per heavy atom. The monoisotopic (exact) mass is 293 g/mol. The van der Waals surface area contributed by atoms with E-state index in [1.54, 1.807) is 0 Å². The molecule has 2 aromatic carbocycles. The first-order chi connectivity index (χ1) is 10.5. The first-order valence-electron chi connectivity index (χ1n) is 7.34. The minimum Gasteiger partial charge on any atom is -0.303 e. The molecule has 22 heavy (non-hydrogen) atoms. The van der Waals surface area contributed by atoms with Gasteiger partial charge in [0.25, 0.3) is 5.54 Å². The van der Waals surface area contributed by atoms with Crippen LogP contribution in [0.1, 0.15) is 41.5 Å². The molecule has 0 amide bonds. The van der Waals surface area contributed by atoms with Crippen LogP contribution in [0.3, 0.4) is 0 Å². The number of carbonyl (C=O) groups excluding carboxylic acids is 1. The van der Waals surface area contributed by atoms with Crippen LogP contribution in [0.4, 0.5) is 0 Å². The molecule has 3 aliphatic rings. The molecule has 3 aliphatic carbocycles. The SMILES string of the molecule is CC1(C=O)CC2([N+](=O)[O-])c3ccccc3C1c1ccccc12. The van der Waals surface area contributed by atoms with Crippen molar-refractivity contribution in [3.63, 3.8) is 0 Å². The van der Waals surface area contributed by atoms with Crippen molar-refractivity contribution in [3.05, 3.63) is 80.9 Å². The van der Waals surface area contributed by atoms with E-state index in [1.807, 2.05) is 55.5 Å². The topological polar surface area (TPSA) is 60.2 Å². The van der Waals surface area contributed by atoms with Gasteiger partial charge in [0.2, 0.25) is 0 Å². The van der Waals surface area contributed by atoms with Crippen molar-refractivity contribution in [2.24, 2.45) is 5.41 Å². The number of hydrogen-bond donors (Lipinski definition) is 0. The quantitative estimate of drug-likeness (QED) is 0.485. The molecule has 0 spiro atoms. The molecule has 2 aromatic rings. The summed E-state index contributed by atoms with van der Waals surface area (Å²) in [6.45, 7) is 1.84. The molecular formula is C18H15NO3. The number of aldehydes is 1. The summed E-state index contributed by atoms with van der Waals surface area (Å²) in [7, 11) is 0. The number of carbonyl (C=O) groups is 1. The van der Waals surface area contributed by atoms with Crippen molar-refractivity contribution in [2.75, 3.05) is 0 Å². The number of hydrogen-bond acceptors (Lipinski definition) is 3. The summed E-state index contributed by atoms with van der Waals surface area (Å²) < 4.78 is 0. The Morgan fingerprint density at radius 3 is 2.05 bits per heavy atom. The number of nitrogens with zero attached hydrogens (tertiary/aromatic N) is 1. The van der Waals surface area contributed by atoms with E-state index in [2.05, 4.69) is 0 Å². The Balaban J connectivity index is 2.18. The molecule has 1 atom stereocenters. The average molecular weight is 293 g/mol. The molecule has 110 valence electrons. The second-order valence-corrected chi connectivity index (χ2v) is 6.53. The van der Waals surface area contributed by atoms with Crippen LogP contribution in [0, 0.1) is 15.5 Å². The molecule has 0 saturated heterocycles. The van der Waals surface area contributed by atoms with Crippen LogP contribution < -0.4 is 0 Å². The summed E-state index contributed by atoms with van der Waals surface area (Å²) in [5.41, 5.74) is 1.23. The zero-order valence-electron chi connectivity index (χ0n) is 12.2. The van der Waals surface area contributed by atoms with Crippen molar-refractivity contribution in [3.8, 4) is 0 Å². The fourth-order valence-electron chi connectivity index (χ4n) is 4.49. The van der Waals surface area contributed by atoms with E-state index >= 15 is 0 Å². The fourth-order valence-corrected chi connectivity index (χ4v) is 4.49. The summed E-state index contributed by atoms with van der Waals surface area (Å²) in [5, 5.41) is 12.2. The van der Waals surface area contributed by atoms with E-state index < -0.39 is 11.0 Å². The Labute approximate surface area is 127 Å². The van der Waals surface area contributed by atoms with Gasteiger partial charge in [0.05, 0.1) is 0 Å². The van der Waals surface area contributed by atoms with Crippen LogP contribution in [0.2, 0.25) is 0 Å². The van der Waals surface area contributed by atoms with Crippen LogP contribution >= 0.6 is 0 Å². The maximum atomic E-state index is 12.2. The Morgan fingerprint density at radius 2 is 1.59 bits per heavy atom. The minimum atomic E-state index is -1.32. The van der Waals surface area contributed by atoms with Crippen LogP contribution in [0.5, 0.6) is 0 Å². The van der Waals surface area contributed by atoms with Gasteiger partial charge >= 0.3 is 0 Å². The molecular weight excluding hydrogens is 278 g/mol. The highest BCUT2D eigenvalue weighted by molar-refractivity contribution is 5.71. The third-order valence-electron chi connectivity index (χ3n) is 5.31. The van der Waals surface area contributed by atoms with E-state index in [0.717, 1.165) is 28.5 Å². The molecule has 0 heterocycles. The zero-order chi connectivity index (χ0) is 15.5. The lowest BCUT2D eigenvalue weighted by molar-refractivity contribution is -0.573. The summed E-state index contributed by atoms with van der Waals surface area (Å²) in [6, 6.07) is 15.0. The lowest BCUT2D eigenvalue weighted by atomic mass is 9.50. The van der Waals surface area contributed by atoms with Gasteiger partial charge in [-0.15, -0.1) is 0 Å². The lowest BCUT2D eigenvalue weighted by Gasteiger charge is -2.50. The maximum Gasteiger partial charge on any atom is 0.273 e. The van der Waals surface area contributed by atoms with Crippen molar-refractivity contribution in [2.45, 2.75) is 24.8 Å². The van der Waals surface area contributed by atoms with Gasteiger partial charge in [-0.2, -0.15) is 0 Å². The largest absolute Gasteiger partial charge is 0.303 e. The molecule has 0 aliphatic heterocycles. The number of fused-ring (bicyclic) bond motifs is 1. The number of benzene rings is 2. The van der Waals surface area contributed by atoms with Crippen LogP contribution in [0.25, 0.3) is 0 Å².